The number of urea groups is 1. The topological polar surface area (TPSA) is 71.5 Å². The Kier molecular flexibility index (Phi) is 6.31. The van der Waals surface area contributed by atoms with Crippen molar-refractivity contribution < 1.29 is 13.6 Å². The van der Waals surface area contributed by atoms with Gasteiger partial charge in [0.2, 0.25) is 0 Å². The second-order valence-electron chi connectivity index (χ2n) is 7.38. The molecule has 3 N–H and O–H groups in total. The number of piperazine rings is 1. The maximum atomic E-state index is 13.4. The first-order valence-corrected chi connectivity index (χ1v) is 9.53. The molecule has 154 valence electrons. The van der Waals surface area contributed by atoms with E-state index < -0.39 is 5.82 Å². The lowest BCUT2D eigenvalue weighted by Crippen LogP contribution is -2.60. The second-order valence-corrected chi connectivity index (χ2v) is 7.38. The number of hydrogen-bond acceptors (Lipinski definition) is 2. The van der Waals surface area contributed by atoms with E-state index in [0.29, 0.717) is 31.0 Å². The largest absolute Gasteiger partial charge is 0.336 e. The molecule has 2 amide bonds. The molecule has 2 aromatic rings. The third-order valence-corrected chi connectivity index (χ3v) is 4.93. The molecule has 0 aromatic heterocycles. The van der Waals surface area contributed by atoms with Crippen LogP contribution < -0.4 is 10.6 Å². The molecule has 0 saturated carbocycles. The van der Waals surface area contributed by atoms with Crippen molar-refractivity contribution in [3.8, 4) is 0 Å². The first kappa shape index (κ1) is 20.6. The highest BCUT2D eigenvalue weighted by Crippen LogP contribution is 2.20. The summed E-state index contributed by atoms with van der Waals surface area (Å²) in [5.41, 5.74) is 0.905. The van der Waals surface area contributed by atoms with E-state index in [1.165, 1.54) is 24.3 Å². The number of amides is 2. The molecule has 1 aliphatic rings. The molecular weight excluding hydrogens is 376 g/mol. The number of halogens is 2. The van der Waals surface area contributed by atoms with Gasteiger partial charge in [0.05, 0.1) is 6.04 Å². The van der Waals surface area contributed by atoms with Gasteiger partial charge in [-0.1, -0.05) is 26.0 Å². The van der Waals surface area contributed by atoms with E-state index in [0.717, 1.165) is 0 Å². The monoisotopic (exact) mass is 401 g/mol. The van der Waals surface area contributed by atoms with E-state index in [9.17, 15) is 13.6 Å². The quantitative estimate of drug-likeness (QED) is 0.534. The van der Waals surface area contributed by atoms with Crippen molar-refractivity contribution in [1.29, 1.82) is 5.41 Å². The Morgan fingerprint density at radius 3 is 2.17 bits per heavy atom. The Bertz CT molecular complexity index is 889. The van der Waals surface area contributed by atoms with Crippen molar-refractivity contribution >= 4 is 23.4 Å². The third kappa shape index (κ3) is 5.22. The SMILES string of the molecule is CC(C)C1CN(C(=O)Nc2cccc(F)c2)CCN1C(=N)Nc1cccc(F)c1. The number of anilines is 2. The van der Waals surface area contributed by atoms with Crippen LogP contribution in [0.3, 0.4) is 0 Å². The maximum absolute atomic E-state index is 13.4. The van der Waals surface area contributed by atoms with Crippen LogP contribution >= 0.6 is 0 Å². The molecule has 1 atom stereocenters. The van der Waals surface area contributed by atoms with Gasteiger partial charge in [0.1, 0.15) is 11.6 Å². The molecule has 29 heavy (non-hydrogen) atoms. The van der Waals surface area contributed by atoms with Crippen molar-refractivity contribution in [2.24, 2.45) is 5.92 Å². The second kappa shape index (κ2) is 8.89. The number of carbonyl (C=O) groups excluding carboxylic acids is 1. The molecule has 1 unspecified atom stereocenters. The van der Waals surface area contributed by atoms with Crippen molar-refractivity contribution in [3.05, 3.63) is 60.2 Å². The van der Waals surface area contributed by atoms with Crippen LogP contribution in [-0.2, 0) is 0 Å². The van der Waals surface area contributed by atoms with Gasteiger partial charge in [-0.2, -0.15) is 0 Å². The first-order valence-electron chi connectivity index (χ1n) is 9.53. The summed E-state index contributed by atoms with van der Waals surface area (Å²) >= 11 is 0. The van der Waals surface area contributed by atoms with Crippen molar-refractivity contribution in [3.63, 3.8) is 0 Å². The van der Waals surface area contributed by atoms with E-state index in [4.69, 9.17) is 5.41 Å². The first-order chi connectivity index (χ1) is 13.8. The minimum Gasteiger partial charge on any atom is -0.336 e. The number of benzene rings is 2. The number of guanidine groups is 1. The number of rotatable bonds is 3. The summed E-state index contributed by atoms with van der Waals surface area (Å²) in [7, 11) is 0. The fraction of sp³-hybridized carbons (Fsp3) is 0.333. The Labute approximate surface area is 169 Å². The smallest absolute Gasteiger partial charge is 0.321 e. The van der Waals surface area contributed by atoms with Crippen LogP contribution in [0.25, 0.3) is 0 Å². The van der Waals surface area contributed by atoms with E-state index in [1.54, 1.807) is 29.2 Å². The summed E-state index contributed by atoms with van der Waals surface area (Å²) in [6, 6.07) is 11.3. The van der Waals surface area contributed by atoms with Crippen LogP contribution in [0.15, 0.2) is 48.5 Å². The van der Waals surface area contributed by atoms with E-state index >= 15 is 0 Å². The van der Waals surface area contributed by atoms with Gasteiger partial charge < -0.3 is 20.4 Å². The zero-order chi connectivity index (χ0) is 21.0. The summed E-state index contributed by atoms with van der Waals surface area (Å²) in [5.74, 6) is -0.444. The van der Waals surface area contributed by atoms with Crippen LogP contribution in [0.4, 0.5) is 25.0 Å². The third-order valence-electron chi connectivity index (χ3n) is 4.93. The molecule has 1 heterocycles. The summed E-state index contributed by atoms with van der Waals surface area (Å²) in [6.07, 6.45) is 0. The van der Waals surface area contributed by atoms with Gasteiger partial charge in [0, 0.05) is 31.0 Å². The minimum absolute atomic E-state index is 0.0874. The number of carbonyl (C=O) groups is 1. The minimum atomic E-state index is -0.412. The molecule has 0 spiro atoms. The van der Waals surface area contributed by atoms with Gasteiger partial charge in [-0.05, 0) is 42.3 Å². The van der Waals surface area contributed by atoms with E-state index in [2.05, 4.69) is 10.6 Å². The van der Waals surface area contributed by atoms with Crippen molar-refractivity contribution in [1.82, 2.24) is 9.80 Å². The Balaban J connectivity index is 1.65. The maximum Gasteiger partial charge on any atom is 0.321 e. The Morgan fingerprint density at radius 1 is 1.03 bits per heavy atom. The molecule has 8 heteroatoms. The summed E-state index contributed by atoms with van der Waals surface area (Å²) in [6.45, 7) is 5.35. The highest BCUT2D eigenvalue weighted by Gasteiger charge is 2.33. The lowest BCUT2D eigenvalue weighted by molar-refractivity contribution is 0.119. The highest BCUT2D eigenvalue weighted by molar-refractivity contribution is 5.92. The Hall–Kier alpha value is -3.16. The number of nitrogens with zero attached hydrogens (tertiary/aromatic N) is 2. The van der Waals surface area contributed by atoms with Crippen LogP contribution in [-0.4, -0.2) is 47.5 Å². The number of hydrogen-bond donors (Lipinski definition) is 3. The van der Waals surface area contributed by atoms with Gasteiger partial charge in [0.15, 0.2) is 5.96 Å². The van der Waals surface area contributed by atoms with Crippen LogP contribution in [0.5, 0.6) is 0 Å². The number of nitrogens with one attached hydrogen (secondary N) is 3. The molecule has 0 bridgehead atoms. The zero-order valence-electron chi connectivity index (χ0n) is 16.5. The molecule has 1 saturated heterocycles. The van der Waals surface area contributed by atoms with Gasteiger partial charge in [-0.25, -0.2) is 13.6 Å². The highest BCUT2D eigenvalue weighted by atomic mass is 19.1. The summed E-state index contributed by atoms with van der Waals surface area (Å²) < 4.78 is 26.8. The molecule has 0 aliphatic carbocycles. The predicted molar refractivity (Wildman–Crippen MR) is 110 cm³/mol. The molecular formula is C21H25F2N5O. The average Bonchev–Trinajstić information content (AvgIpc) is 2.67. The molecule has 1 fully saturated rings. The standard InChI is InChI=1S/C21H25F2N5O/c1-14(2)19-13-27(21(29)26-18-8-4-6-16(23)12-18)9-10-28(19)20(24)25-17-7-3-5-15(22)11-17/h3-8,11-12,14,19H,9-10,13H2,1-2H3,(H2,24,25)(H,26,29). The lowest BCUT2D eigenvalue weighted by Gasteiger charge is -2.44. The van der Waals surface area contributed by atoms with Gasteiger partial charge in [-0.15, -0.1) is 0 Å². The summed E-state index contributed by atoms with van der Waals surface area (Å²) in [5, 5.41) is 14.1. The Morgan fingerprint density at radius 2 is 1.62 bits per heavy atom. The van der Waals surface area contributed by atoms with Crippen molar-refractivity contribution in [2.45, 2.75) is 19.9 Å². The van der Waals surface area contributed by atoms with E-state index in [-0.39, 0.29) is 29.8 Å². The van der Waals surface area contributed by atoms with Crippen LogP contribution in [0.1, 0.15) is 13.8 Å². The fourth-order valence-electron chi connectivity index (χ4n) is 3.39. The van der Waals surface area contributed by atoms with Gasteiger partial charge >= 0.3 is 6.03 Å². The summed E-state index contributed by atoms with van der Waals surface area (Å²) in [4.78, 5) is 16.2. The molecule has 3 rings (SSSR count). The van der Waals surface area contributed by atoms with Crippen molar-refractivity contribution in [2.75, 3.05) is 30.3 Å². The zero-order valence-corrected chi connectivity index (χ0v) is 16.5. The van der Waals surface area contributed by atoms with Gasteiger partial charge in [0.25, 0.3) is 0 Å². The molecule has 1 aliphatic heterocycles. The molecule has 6 nitrogen and oxygen atoms in total. The molecule has 2 aromatic carbocycles. The lowest BCUT2D eigenvalue weighted by atomic mass is 10.00. The fourth-order valence-corrected chi connectivity index (χ4v) is 3.39. The normalized spacial score (nSPS) is 16.7. The molecule has 0 radical (unpaired) electrons. The van der Waals surface area contributed by atoms with Gasteiger partial charge in [-0.3, -0.25) is 5.41 Å². The van der Waals surface area contributed by atoms with Crippen LogP contribution in [0.2, 0.25) is 0 Å². The van der Waals surface area contributed by atoms with E-state index in [1.807, 2.05) is 18.7 Å². The predicted octanol–water partition coefficient (Wildman–Crippen LogP) is 4.19. The average molecular weight is 401 g/mol. The van der Waals surface area contributed by atoms with Crippen LogP contribution in [0, 0.1) is 23.0 Å².